The lowest BCUT2D eigenvalue weighted by Crippen LogP contribution is -2.31. The average Bonchev–Trinajstić information content (AvgIpc) is 1.85. The van der Waals surface area contributed by atoms with Crippen LogP contribution in [0.2, 0.25) is 0 Å². The normalized spacial score (nSPS) is 18.0. The smallest absolute Gasteiger partial charge is 0.302 e. The molecule has 0 saturated heterocycles. The Morgan fingerprint density at radius 3 is 1.75 bits per heavy atom. The summed E-state index contributed by atoms with van der Waals surface area (Å²) in [5.74, 6) is 0. The highest BCUT2D eigenvalue weighted by Crippen LogP contribution is 2.28. The van der Waals surface area contributed by atoms with Gasteiger partial charge in [-0.3, -0.25) is 0 Å². The largest absolute Gasteiger partial charge is 0.376 e. The molecular weight excluding hydrogens is 213 g/mol. The summed E-state index contributed by atoms with van der Waals surface area (Å²) < 4.78 is 72.1. The zero-order valence-corrected chi connectivity index (χ0v) is 6.04. The summed E-state index contributed by atoms with van der Waals surface area (Å²) in [6, 6.07) is 0. The molecule has 0 rings (SSSR count). The molecule has 0 heterocycles. The first-order valence-corrected chi connectivity index (χ1v) is 2.91. The quantitative estimate of drug-likeness (QED) is 0.519. The van der Waals surface area contributed by atoms with E-state index in [4.69, 9.17) is 0 Å². The van der Waals surface area contributed by atoms with E-state index in [0.717, 1.165) is 0 Å². The third kappa shape index (κ3) is 4.01. The standard InChI is InChI=1S/C4H3ClF6O/c5-4(10,11)3(9)12-2(8)1(6)7/h1-3H. The lowest BCUT2D eigenvalue weighted by Gasteiger charge is -2.16. The van der Waals surface area contributed by atoms with E-state index >= 15 is 0 Å². The molecule has 0 bridgehead atoms. The highest BCUT2D eigenvalue weighted by molar-refractivity contribution is 6.22. The summed E-state index contributed by atoms with van der Waals surface area (Å²) >= 11 is 3.99. The van der Waals surface area contributed by atoms with Crippen molar-refractivity contribution in [2.45, 2.75) is 24.5 Å². The third-order valence-corrected chi connectivity index (χ3v) is 0.876. The molecule has 12 heavy (non-hydrogen) atoms. The molecule has 0 amide bonds. The second-order valence-electron chi connectivity index (χ2n) is 1.68. The van der Waals surface area contributed by atoms with Crippen LogP contribution in [0.25, 0.3) is 0 Å². The van der Waals surface area contributed by atoms with Gasteiger partial charge in [0.25, 0.3) is 19.1 Å². The predicted octanol–water partition coefficient (Wildman–Crippen LogP) is 2.69. The summed E-state index contributed by atoms with van der Waals surface area (Å²) in [4.78, 5) is 0. The van der Waals surface area contributed by atoms with Crippen LogP contribution in [-0.2, 0) is 4.74 Å². The van der Waals surface area contributed by atoms with E-state index in [2.05, 4.69) is 16.3 Å². The van der Waals surface area contributed by atoms with Gasteiger partial charge in [-0.2, -0.15) is 8.78 Å². The molecule has 0 aliphatic heterocycles. The van der Waals surface area contributed by atoms with E-state index in [9.17, 15) is 26.3 Å². The van der Waals surface area contributed by atoms with Crippen molar-refractivity contribution in [2.24, 2.45) is 0 Å². The van der Waals surface area contributed by atoms with E-state index in [1.165, 1.54) is 0 Å². The predicted molar refractivity (Wildman–Crippen MR) is 27.7 cm³/mol. The maximum atomic E-state index is 11.8. The maximum absolute atomic E-state index is 11.8. The Labute approximate surface area is 68.2 Å². The van der Waals surface area contributed by atoms with Gasteiger partial charge in [0.1, 0.15) is 0 Å². The van der Waals surface area contributed by atoms with E-state index in [1.54, 1.807) is 0 Å². The van der Waals surface area contributed by atoms with Crippen LogP contribution in [0, 0.1) is 0 Å². The molecular formula is C4H3ClF6O. The van der Waals surface area contributed by atoms with Gasteiger partial charge in [0.15, 0.2) is 0 Å². The molecule has 2 unspecified atom stereocenters. The first-order valence-electron chi connectivity index (χ1n) is 2.53. The van der Waals surface area contributed by atoms with Crippen LogP contribution in [-0.4, -0.2) is 24.5 Å². The summed E-state index contributed by atoms with van der Waals surface area (Å²) in [5.41, 5.74) is 0. The van der Waals surface area contributed by atoms with Gasteiger partial charge in [0.05, 0.1) is 0 Å². The molecule has 0 aliphatic carbocycles. The fraction of sp³-hybridized carbons (Fsp3) is 1.00. The fourth-order valence-corrected chi connectivity index (χ4v) is 0.302. The Bertz CT molecular complexity index is 136. The Balaban J connectivity index is 3.93. The zero-order chi connectivity index (χ0) is 9.94. The Hall–Kier alpha value is -0.170. The van der Waals surface area contributed by atoms with Crippen LogP contribution >= 0.6 is 11.6 Å². The molecule has 0 spiro atoms. The van der Waals surface area contributed by atoms with E-state index in [-0.39, 0.29) is 0 Å². The molecule has 1 nitrogen and oxygen atoms in total. The number of alkyl halides is 7. The topological polar surface area (TPSA) is 9.23 Å². The first kappa shape index (κ1) is 11.8. The summed E-state index contributed by atoms with van der Waals surface area (Å²) in [6.07, 6.45) is -10.7. The second-order valence-corrected chi connectivity index (χ2v) is 2.18. The molecule has 0 aromatic rings. The molecule has 74 valence electrons. The van der Waals surface area contributed by atoms with Gasteiger partial charge < -0.3 is 4.74 Å². The first-order chi connectivity index (χ1) is 5.25. The van der Waals surface area contributed by atoms with E-state index < -0.39 is 24.5 Å². The van der Waals surface area contributed by atoms with Crippen molar-refractivity contribution in [2.75, 3.05) is 0 Å². The van der Waals surface area contributed by atoms with Crippen molar-refractivity contribution in [3.63, 3.8) is 0 Å². The van der Waals surface area contributed by atoms with Crippen LogP contribution in [0.1, 0.15) is 0 Å². The molecule has 0 fully saturated rings. The Kier molecular flexibility index (Phi) is 4.12. The molecule has 0 aliphatic rings. The number of rotatable bonds is 4. The Morgan fingerprint density at radius 2 is 1.50 bits per heavy atom. The Morgan fingerprint density at radius 1 is 1.08 bits per heavy atom. The van der Waals surface area contributed by atoms with Crippen molar-refractivity contribution in [1.82, 2.24) is 0 Å². The minimum atomic E-state index is -4.51. The SMILES string of the molecule is FC(F)C(F)OC(F)C(F)(F)Cl. The van der Waals surface area contributed by atoms with Crippen LogP contribution in [0.4, 0.5) is 26.3 Å². The average molecular weight is 217 g/mol. The molecule has 0 saturated carbocycles. The summed E-state index contributed by atoms with van der Waals surface area (Å²) in [6.45, 7) is 0. The maximum Gasteiger partial charge on any atom is 0.376 e. The fourth-order valence-electron chi connectivity index (χ4n) is 0.251. The van der Waals surface area contributed by atoms with E-state index in [1.807, 2.05) is 0 Å². The van der Waals surface area contributed by atoms with Gasteiger partial charge in [-0.25, -0.2) is 17.6 Å². The molecule has 0 N–H and O–H groups in total. The van der Waals surface area contributed by atoms with E-state index in [0.29, 0.717) is 0 Å². The number of ether oxygens (including phenoxy) is 1. The molecule has 0 aromatic carbocycles. The molecule has 0 radical (unpaired) electrons. The molecule has 0 aromatic heterocycles. The second kappa shape index (κ2) is 4.18. The van der Waals surface area contributed by atoms with Gasteiger partial charge in [0, 0.05) is 0 Å². The lowest BCUT2D eigenvalue weighted by atomic mass is 10.6. The molecule has 8 heteroatoms. The van der Waals surface area contributed by atoms with Gasteiger partial charge in [0.2, 0.25) is 0 Å². The van der Waals surface area contributed by atoms with Gasteiger partial charge in [-0.15, -0.1) is 0 Å². The van der Waals surface area contributed by atoms with Gasteiger partial charge >= 0.3 is 5.38 Å². The summed E-state index contributed by atoms with van der Waals surface area (Å²) in [7, 11) is 0. The van der Waals surface area contributed by atoms with Gasteiger partial charge in [-0.1, -0.05) is 0 Å². The zero-order valence-electron chi connectivity index (χ0n) is 5.29. The summed E-state index contributed by atoms with van der Waals surface area (Å²) in [5, 5.41) is -4.51. The highest BCUT2D eigenvalue weighted by Gasteiger charge is 2.42. The minimum absolute atomic E-state index is 2.91. The van der Waals surface area contributed by atoms with Gasteiger partial charge in [-0.05, 0) is 11.6 Å². The number of hydrogen-bond acceptors (Lipinski definition) is 1. The van der Waals surface area contributed by atoms with Crippen molar-refractivity contribution in [3.8, 4) is 0 Å². The van der Waals surface area contributed by atoms with Crippen molar-refractivity contribution in [1.29, 1.82) is 0 Å². The monoisotopic (exact) mass is 216 g/mol. The minimum Gasteiger partial charge on any atom is -0.302 e. The van der Waals surface area contributed by atoms with Crippen LogP contribution < -0.4 is 0 Å². The molecule has 2 atom stereocenters. The van der Waals surface area contributed by atoms with Crippen molar-refractivity contribution >= 4 is 11.6 Å². The van der Waals surface area contributed by atoms with Crippen molar-refractivity contribution < 1.29 is 31.1 Å². The van der Waals surface area contributed by atoms with Crippen LogP contribution in [0.5, 0.6) is 0 Å². The number of hydrogen-bond donors (Lipinski definition) is 0. The highest BCUT2D eigenvalue weighted by atomic mass is 35.5. The third-order valence-electron chi connectivity index (χ3n) is 0.705. The number of halogens is 7. The van der Waals surface area contributed by atoms with Crippen molar-refractivity contribution in [3.05, 3.63) is 0 Å². The van der Waals surface area contributed by atoms with Crippen LogP contribution in [0.3, 0.4) is 0 Å². The lowest BCUT2D eigenvalue weighted by molar-refractivity contribution is -0.238. The van der Waals surface area contributed by atoms with Crippen LogP contribution in [0.15, 0.2) is 0 Å².